The highest BCUT2D eigenvalue weighted by atomic mass is 79.9. The molecule has 0 aliphatic rings. The van der Waals surface area contributed by atoms with Crippen LogP contribution in [0.25, 0.3) is 10.1 Å². The van der Waals surface area contributed by atoms with Gasteiger partial charge in [0.2, 0.25) is 0 Å². The first-order valence-electron chi connectivity index (χ1n) is 6.45. The summed E-state index contributed by atoms with van der Waals surface area (Å²) in [4.78, 5) is 0. The van der Waals surface area contributed by atoms with Crippen molar-refractivity contribution in [2.75, 3.05) is 0 Å². The van der Waals surface area contributed by atoms with E-state index in [1.807, 2.05) is 0 Å². The number of aryl methyl sites for hydroxylation is 2. The van der Waals surface area contributed by atoms with E-state index in [0.29, 0.717) is 0 Å². The molecule has 0 saturated carbocycles. The molecular weight excluding hydrogens is 352 g/mol. The Labute approximate surface area is 136 Å². The van der Waals surface area contributed by atoms with E-state index in [1.165, 1.54) is 32.3 Å². The second-order valence-electron chi connectivity index (χ2n) is 5.03. The normalized spacial score (nSPS) is 12.8. The number of thiophene rings is 1. The maximum absolute atomic E-state index is 6.75. The number of alkyl halides is 1. The highest BCUT2D eigenvalue weighted by Gasteiger charge is 2.18. The molecule has 0 spiro atoms. The van der Waals surface area contributed by atoms with Crippen molar-refractivity contribution in [1.29, 1.82) is 0 Å². The molecule has 20 heavy (non-hydrogen) atoms. The quantitative estimate of drug-likeness (QED) is 0.448. The van der Waals surface area contributed by atoms with Crippen molar-refractivity contribution in [3.63, 3.8) is 0 Å². The number of halogens is 2. The van der Waals surface area contributed by atoms with Crippen LogP contribution in [0, 0.1) is 13.8 Å². The molecule has 3 aromatic rings. The average molecular weight is 366 g/mol. The first kappa shape index (κ1) is 14.1. The summed E-state index contributed by atoms with van der Waals surface area (Å²) in [5, 5.41) is 3.31. The Hall–Kier alpha value is -0.830. The van der Waals surface area contributed by atoms with Crippen LogP contribution >= 0.6 is 38.9 Å². The average Bonchev–Trinajstić information content (AvgIpc) is 2.83. The molecule has 0 amide bonds. The third-order valence-electron chi connectivity index (χ3n) is 3.55. The standard InChI is InChI=1S/C17H14BrClS/c1-10-6-7-12(11(2)8-10)16(19)14-9-20-17-13(14)4-3-5-15(17)18/h3-9,16H,1-2H3. The van der Waals surface area contributed by atoms with Gasteiger partial charge in [-0.2, -0.15) is 0 Å². The fourth-order valence-electron chi connectivity index (χ4n) is 2.52. The van der Waals surface area contributed by atoms with Gasteiger partial charge in [0.15, 0.2) is 0 Å². The zero-order valence-corrected chi connectivity index (χ0v) is 14.4. The Morgan fingerprint density at radius 2 is 1.90 bits per heavy atom. The predicted molar refractivity (Wildman–Crippen MR) is 93.1 cm³/mol. The van der Waals surface area contributed by atoms with Gasteiger partial charge in [0.25, 0.3) is 0 Å². The molecule has 0 saturated heterocycles. The molecule has 0 aliphatic heterocycles. The van der Waals surface area contributed by atoms with Gasteiger partial charge in [-0.1, -0.05) is 35.9 Å². The molecule has 2 aromatic carbocycles. The van der Waals surface area contributed by atoms with Crippen LogP contribution in [-0.4, -0.2) is 0 Å². The Bertz CT molecular complexity index is 776. The van der Waals surface area contributed by atoms with Gasteiger partial charge in [0.05, 0.1) is 5.38 Å². The van der Waals surface area contributed by atoms with Crippen LogP contribution in [0.5, 0.6) is 0 Å². The number of benzene rings is 2. The molecule has 3 rings (SSSR count). The summed E-state index contributed by atoms with van der Waals surface area (Å²) in [6.45, 7) is 4.24. The van der Waals surface area contributed by atoms with E-state index in [2.05, 4.69) is 71.6 Å². The molecule has 0 aliphatic carbocycles. The summed E-state index contributed by atoms with van der Waals surface area (Å²) in [7, 11) is 0. The van der Waals surface area contributed by atoms with Gasteiger partial charge in [-0.05, 0) is 63.3 Å². The van der Waals surface area contributed by atoms with E-state index in [0.717, 1.165) is 4.47 Å². The van der Waals surface area contributed by atoms with E-state index < -0.39 is 0 Å². The Morgan fingerprint density at radius 1 is 1.10 bits per heavy atom. The summed E-state index contributed by atoms with van der Waals surface area (Å²) in [5.41, 5.74) is 4.91. The van der Waals surface area contributed by atoms with Crippen LogP contribution in [0.4, 0.5) is 0 Å². The molecule has 0 fully saturated rings. The molecule has 0 bridgehead atoms. The summed E-state index contributed by atoms with van der Waals surface area (Å²) in [6, 6.07) is 12.7. The lowest BCUT2D eigenvalue weighted by atomic mass is 9.98. The van der Waals surface area contributed by atoms with Crippen molar-refractivity contribution in [1.82, 2.24) is 0 Å². The minimum absolute atomic E-state index is 0.0985. The van der Waals surface area contributed by atoms with E-state index in [9.17, 15) is 0 Å². The summed E-state index contributed by atoms with van der Waals surface area (Å²) in [5.74, 6) is 0. The molecule has 0 N–H and O–H groups in total. The highest BCUT2D eigenvalue weighted by Crippen LogP contribution is 2.40. The lowest BCUT2D eigenvalue weighted by Gasteiger charge is -2.13. The van der Waals surface area contributed by atoms with Crippen molar-refractivity contribution in [2.45, 2.75) is 19.2 Å². The van der Waals surface area contributed by atoms with Crippen molar-refractivity contribution in [3.05, 3.63) is 68.5 Å². The Kier molecular flexibility index (Phi) is 3.89. The zero-order valence-electron chi connectivity index (χ0n) is 11.3. The Balaban J connectivity index is 2.13. The van der Waals surface area contributed by atoms with Gasteiger partial charge in [-0.15, -0.1) is 22.9 Å². The predicted octanol–water partition coefficient (Wildman–Crippen LogP) is 6.61. The molecule has 1 heterocycles. The molecule has 1 unspecified atom stereocenters. The molecule has 3 heteroatoms. The first-order chi connectivity index (χ1) is 9.58. The molecule has 102 valence electrons. The second-order valence-corrected chi connectivity index (χ2v) is 7.20. The van der Waals surface area contributed by atoms with E-state index in [4.69, 9.17) is 11.6 Å². The minimum atomic E-state index is -0.0985. The van der Waals surface area contributed by atoms with Gasteiger partial charge in [-0.3, -0.25) is 0 Å². The van der Waals surface area contributed by atoms with Crippen LogP contribution in [0.1, 0.15) is 27.6 Å². The first-order valence-corrected chi connectivity index (χ1v) is 8.55. The molecule has 0 nitrogen and oxygen atoms in total. The second kappa shape index (κ2) is 5.51. The molecule has 0 radical (unpaired) electrons. The van der Waals surface area contributed by atoms with E-state index in [1.54, 1.807) is 11.3 Å². The van der Waals surface area contributed by atoms with Crippen LogP contribution in [0.15, 0.2) is 46.3 Å². The lowest BCUT2D eigenvalue weighted by molar-refractivity contribution is 1.13. The number of rotatable bonds is 2. The van der Waals surface area contributed by atoms with E-state index >= 15 is 0 Å². The van der Waals surface area contributed by atoms with Gasteiger partial charge in [0.1, 0.15) is 0 Å². The molecule has 1 aromatic heterocycles. The van der Waals surface area contributed by atoms with Crippen LogP contribution < -0.4 is 0 Å². The Morgan fingerprint density at radius 3 is 2.65 bits per heavy atom. The maximum Gasteiger partial charge on any atom is 0.0852 e. The van der Waals surface area contributed by atoms with Crippen LogP contribution in [0.2, 0.25) is 0 Å². The minimum Gasteiger partial charge on any atom is -0.142 e. The van der Waals surface area contributed by atoms with Gasteiger partial charge in [0, 0.05) is 9.17 Å². The maximum atomic E-state index is 6.75. The summed E-state index contributed by atoms with van der Waals surface area (Å²) >= 11 is 12.1. The van der Waals surface area contributed by atoms with Gasteiger partial charge < -0.3 is 0 Å². The van der Waals surface area contributed by atoms with Crippen molar-refractivity contribution in [3.8, 4) is 0 Å². The third-order valence-corrected chi connectivity index (χ3v) is 5.99. The SMILES string of the molecule is Cc1ccc(C(Cl)c2csc3c(Br)cccc23)c(C)c1. The zero-order chi connectivity index (χ0) is 14.3. The summed E-state index contributed by atoms with van der Waals surface area (Å²) < 4.78 is 2.40. The molecular formula is C17H14BrClS. The number of fused-ring (bicyclic) bond motifs is 1. The van der Waals surface area contributed by atoms with Crippen molar-refractivity contribution < 1.29 is 0 Å². The lowest BCUT2D eigenvalue weighted by Crippen LogP contribution is -1.96. The van der Waals surface area contributed by atoms with Gasteiger partial charge in [-0.25, -0.2) is 0 Å². The monoisotopic (exact) mass is 364 g/mol. The fourth-order valence-corrected chi connectivity index (χ4v) is 4.66. The van der Waals surface area contributed by atoms with E-state index in [-0.39, 0.29) is 5.38 Å². The third kappa shape index (κ3) is 2.41. The van der Waals surface area contributed by atoms with Crippen molar-refractivity contribution >= 4 is 49.0 Å². The highest BCUT2D eigenvalue weighted by molar-refractivity contribution is 9.10. The van der Waals surface area contributed by atoms with Crippen molar-refractivity contribution in [2.24, 2.45) is 0 Å². The summed E-state index contributed by atoms with van der Waals surface area (Å²) in [6.07, 6.45) is 0. The fraction of sp³-hybridized carbons (Fsp3) is 0.176. The number of hydrogen-bond acceptors (Lipinski definition) is 1. The van der Waals surface area contributed by atoms with Crippen LogP contribution in [-0.2, 0) is 0 Å². The smallest absolute Gasteiger partial charge is 0.0852 e. The van der Waals surface area contributed by atoms with Gasteiger partial charge >= 0.3 is 0 Å². The molecule has 1 atom stereocenters. The largest absolute Gasteiger partial charge is 0.142 e. The number of hydrogen-bond donors (Lipinski definition) is 0. The topological polar surface area (TPSA) is 0 Å². The van der Waals surface area contributed by atoms with Crippen LogP contribution in [0.3, 0.4) is 0 Å².